The first-order chi connectivity index (χ1) is 5.81. The van der Waals surface area contributed by atoms with E-state index in [0.29, 0.717) is 13.2 Å². The van der Waals surface area contributed by atoms with Crippen LogP contribution in [-0.4, -0.2) is 38.0 Å². The number of hydrogen-bond acceptors (Lipinski definition) is 3. The molecule has 0 aliphatic rings. The highest BCUT2D eigenvalue weighted by atomic mass is 16.5. The van der Waals surface area contributed by atoms with Crippen molar-refractivity contribution in [3.8, 4) is 0 Å². The van der Waals surface area contributed by atoms with Gasteiger partial charge in [0.25, 0.3) is 0 Å². The summed E-state index contributed by atoms with van der Waals surface area (Å²) in [6, 6.07) is 0. The number of ether oxygens (including phenoxy) is 1. The van der Waals surface area contributed by atoms with Crippen molar-refractivity contribution in [2.45, 2.75) is 20.3 Å². The van der Waals surface area contributed by atoms with Gasteiger partial charge in [-0.05, 0) is 12.5 Å². The zero-order valence-corrected chi connectivity index (χ0v) is 8.18. The lowest BCUT2D eigenvalue weighted by molar-refractivity contribution is 0.0935. The Labute approximate surface area is 75.1 Å². The second kappa shape index (κ2) is 8.97. The normalized spacial score (nSPS) is 13.2. The van der Waals surface area contributed by atoms with Gasteiger partial charge in [-0.3, -0.25) is 0 Å². The van der Waals surface area contributed by atoms with Crippen LogP contribution >= 0.6 is 0 Å². The molecule has 3 heteroatoms. The second-order valence-electron chi connectivity index (χ2n) is 3.05. The smallest absolute Gasteiger partial charge is 0.0698 e. The summed E-state index contributed by atoms with van der Waals surface area (Å²) in [7, 11) is 0. The third-order valence-electron chi connectivity index (χ3n) is 1.85. The van der Waals surface area contributed by atoms with Crippen molar-refractivity contribution in [3.63, 3.8) is 0 Å². The molecular formula is C9H21NO2. The first-order valence-electron chi connectivity index (χ1n) is 4.70. The quantitative estimate of drug-likeness (QED) is 0.532. The van der Waals surface area contributed by atoms with Gasteiger partial charge in [-0.1, -0.05) is 20.3 Å². The summed E-state index contributed by atoms with van der Waals surface area (Å²) in [5.41, 5.74) is 0. The van der Waals surface area contributed by atoms with Crippen LogP contribution in [0.15, 0.2) is 0 Å². The van der Waals surface area contributed by atoms with Crippen molar-refractivity contribution in [2.24, 2.45) is 5.92 Å². The molecule has 0 amide bonds. The van der Waals surface area contributed by atoms with Gasteiger partial charge in [0, 0.05) is 6.54 Å². The SMILES string of the molecule is CCC(C)CNCCOCCO. The maximum Gasteiger partial charge on any atom is 0.0698 e. The highest BCUT2D eigenvalue weighted by molar-refractivity contribution is 4.53. The molecule has 0 saturated heterocycles. The molecule has 0 aliphatic heterocycles. The topological polar surface area (TPSA) is 41.5 Å². The lowest BCUT2D eigenvalue weighted by Gasteiger charge is -2.09. The monoisotopic (exact) mass is 175 g/mol. The van der Waals surface area contributed by atoms with Crippen LogP contribution in [0.3, 0.4) is 0 Å². The zero-order valence-electron chi connectivity index (χ0n) is 8.18. The summed E-state index contributed by atoms with van der Waals surface area (Å²) in [6.07, 6.45) is 1.21. The van der Waals surface area contributed by atoms with Gasteiger partial charge in [-0.25, -0.2) is 0 Å². The van der Waals surface area contributed by atoms with Gasteiger partial charge in [0.05, 0.1) is 19.8 Å². The summed E-state index contributed by atoms with van der Waals surface area (Å²) in [4.78, 5) is 0. The first kappa shape index (κ1) is 11.9. The number of aliphatic hydroxyl groups is 1. The van der Waals surface area contributed by atoms with Crippen LogP contribution in [0, 0.1) is 5.92 Å². The molecule has 0 rings (SSSR count). The summed E-state index contributed by atoms with van der Waals surface area (Å²) < 4.78 is 5.09. The Morgan fingerprint density at radius 2 is 2.17 bits per heavy atom. The largest absolute Gasteiger partial charge is 0.394 e. The molecule has 0 aliphatic carbocycles. The van der Waals surface area contributed by atoms with Gasteiger partial charge < -0.3 is 15.2 Å². The molecule has 12 heavy (non-hydrogen) atoms. The van der Waals surface area contributed by atoms with E-state index in [4.69, 9.17) is 9.84 Å². The Bertz CT molecular complexity index is 88.6. The molecule has 3 nitrogen and oxygen atoms in total. The summed E-state index contributed by atoms with van der Waals surface area (Å²) in [5, 5.41) is 11.7. The minimum atomic E-state index is 0.116. The highest BCUT2D eigenvalue weighted by Crippen LogP contribution is 1.96. The third-order valence-corrected chi connectivity index (χ3v) is 1.85. The maximum atomic E-state index is 8.40. The van der Waals surface area contributed by atoms with E-state index in [1.807, 2.05) is 0 Å². The predicted molar refractivity (Wildman–Crippen MR) is 50.2 cm³/mol. The zero-order chi connectivity index (χ0) is 9.23. The summed E-state index contributed by atoms with van der Waals surface area (Å²) >= 11 is 0. The molecule has 0 spiro atoms. The number of hydrogen-bond donors (Lipinski definition) is 2. The number of rotatable bonds is 8. The summed E-state index contributed by atoms with van der Waals surface area (Å²) in [5.74, 6) is 0.739. The van der Waals surface area contributed by atoms with E-state index in [-0.39, 0.29) is 6.61 Å². The van der Waals surface area contributed by atoms with Gasteiger partial charge in [0.15, 0.2) is 0 Å². The van der Waals surface area contributed by atoms with Crippen LogP contribution in [0.25, 0.3) is 0 Å². The van der Waals surface area contributed by atoms with Crippen molar-refractivity contribution >= 4 is 0 Å². The van der Waals surface area contributed by atoms with Crippen molar-refractivity contribution in [1.82, 2.24) is 5.32 Å². The number of aliphatic hydroxyl groups excluding tert-OH is 1. The molecule has 0 heterocycles. The Morgan fingerprint density at radius 3 is 2.75 bits per heavy atom. The fraction of sp³-hybridized carbons (Fsp3) is 1.00. The molecule has 0 aromatic rings. The Kier molecular flexibility index (Phi) is 8.88. The van der Waals surface area contributed by atoms with E-state index in [1.54, 1.807) is 0 Å². The standard InChI is InChI=1S/C9H21NO2/c1-3-9(2)8-10-4-6-12-7-5-11/h9-11H,3-8H2,1-2H3. The van der Waals surface area contributed by atoms with E-state index >= 15 is 0 Å². The fourth-order valence-corrected chi connectivity index (χ4v) is 0.804. The van der Waals surface area contributed by atoms with Crippen LogP contribution in [0.1, 0.15) is 20.3 Å². The van der Waals surface area contributed by atoms with Crippen LogP contribution in [0.2, 0.25) is 0 Å². The van der Waals surface area contributed by atoms with Crippen LogP contribution in [-0.2, 0) is 4.74 Å². The molecule has 0 bridgehead atoms. The minimum absolute atomic E-state index is 0.116. The Morgan fingerprint density at radius 1 is 1.42 bits per heavy atom. The van der Waals surface area contributed by atoms with Crippen molar-refractivity contribution in [2.75, 3.05) is 32.9 Å². The van der Waals surface area contributed by atoms with E-state index in [9.17, 15) is 0 Å². The van der Waals surface area contributed by atoms with Gasteiger partial charge in [0.1, 0.15) is 0 Å². The molecule has 2 N–H and O–H groups in total. The van der Waals surface area contributed by atoms with Crippen molar-refractivity contribution in [1.29, 1.82) is 0 Å². The molecule has 74 valence electrons. The van der Waals surface area contributed by atoms with E-state index in [1.165, 1.54) is 6.42 Å². The molecule has 0 aromatic heterocycles. The van der Waals surface area contributed by atoms with Crippen LogP contribution in [0.5, 0.6) is 0 Å². The van der Waals surface area contributed by atoms with Gasteiger partial charge in [-0.2, -0.15) is 0 Å². The van der Waals surface area contributed by atoms with E-state index in [2.05, 4.69) is 19.2 Å². The first-order valence-corrected chi connectivity index (χ1v) is 4.70. The molecule has 0 radical (unpaired) electrons. The van der Waals surface area contributed by atoms with E-state index < -0.39 is 0 Å². The molecule has 0 aromatic carbocycles. The summed E-state index contributed by atoms with van der Waals surface area (Å²) in [6.45, 7) is 7.60. The molecule has 0 fully saturated rings. The van der Waals surface area contributed by atoms with E-state index in [0.717, 1.165) is 19.0 Å². The average Bonchev–Trinajstić information content (AvgIpc) is 2.10. The van der Waals surface area contributed by atoms with Crippen LogP contribution in [0.4, 0.5) is 0 Å². The molecular weight excluding hydrogens is 154 g/mol. The number of nitrogens with one attached hydrogen (secondary N) is 1. The predicted octanol–water partition coefficient (Wildman–Crippen LogP) is 0.631. The fourth-order valence-electron chi connectivity index (χ4n) is 0.804. The van der Waals surface area contributed by atoms with Crippen molar-refractivity contribution in [3.05, 3.63) is 0 Å². The Balaban J connectivity index is 2.90. The van der Waals surface area contributed by atoms with Gasteiger partial charge >= 0.3 is 0 Å². The van der Waals surface area contributed by atoms with Gasteiger partial charge in [0.2, 0.25) is 0 Å². The van der Waals surface area contributed by atoms with Gasteiger partial charge in [-0.15, -0.1) is 0 Å². The lowest BCUT2D eigenvalue weighted by Crippen LogP contribution is -2.25. The lowest BCUT2D eigenvalue weighted by atomic mass is 10.1. The van der Waals surface area contributed by atoms with Crippen molar-refractivity contribution < 1.29 is 9.84 Å². The maximum absolute atomic E-state index is 8.40. The van der Waals surface area contributed by atoms with Crippen LogP contribution < -0.4 is 5.32 Å². The second-order valence-corrected chi connectivity index (χ2v) is 3.05. The molecule has 1 atom stereocenters. The highest BCUT2D eigenvalue weighted by Gasteiger charge is 1.96. The molecule has 1 unspecified atom stereocenters. The Hall–Kier alpha value is -0.120. The average molecular weight is 175 g/mol. The third kappa shape index (κ3) is 7.98. The molecule has 0 saturated carbocycles. The minimum Gasteiger partial charge on any atom is -0.394 e.